The minimum atomic E-state index is -5.03. The zero-order chi connectivity index (χ0) is 54.6. The Morgan fingerprint density at radius 3 is 1.40 bits per heavy atom. The lowest BCUT2D eigenvalue weighted by molar-refractivity contribution is -0.157. The van der Waals surface area contributed by atoms with Crippen LogP contribution in [-0.2, 0) is 31.5 Å². The van der Waals surface area contributed by atoms with Gasteiger partial charge in [0.05, 0.1) is 23.2 Å². The molecule has 7 rings (SSSR count). The minimum absolute atomic E-state index is 0.111. The van der Waals surface area contributed by atoms with Crippen molar-refractivity contribution in [1.29, 1.82) is 0 Å². The molecule has 0 aliphatic heterocycles. The lowest BCUT2D eigenvalue weighted by atomic mass is 10.0. The highest BCUT2D eigenvalue weighted by Gasteiger charge is 2.39. The van der Waals surface area contributed by atoms with Crippen molar-refractivity contribution in [2.45, 2.75) is 38.6 Å². The van der Waals surface area contributed by atoms with E-state index in [-0.39, 0.29) is 45.6 Å². The Morgan fingerprint density at radius 2 is 1.07 bits per heavy atom. The van der Waals surface area contributed by atoms with Crippen LogP contribution in [0.25, 0.3) is 45.0 Å². The number of primary amides is 1. The third kappa shape index (κ3) is 16.4. The van der Waals surface area contributed by atoms with Crippen molar-refractivity contribution in [3.63, 3.8) is 0 Å². The summed E-state index contributed by atoms with van der Waals surface area (Å²) < 4.78 is 175. The number of nitrogens with zero attached hydrogens (tertiary/aromatic N) is 5. The first-order chi connectivity index (χ1) is 33.9. The van der Waals surface area contributed by atoms with Gasteiger partial charge in [0.15, 0.2) is 24.6 Å². The van der Waals surface area contributed by atoms with Crippen molar-refractivity contribution in [2.75, 3.05) is 19.1 Å². The number of aldehydes is 1. The van der Waals surface area contributed by atoms with Crippen molar-refractivity contribution in [1.82, 2.24) is 23.8 Å². The number of halogens is 13. The van der Waals surface area contributed by atoms with E-state index in [4.69, 9.17) is 26.5 Å². The zero-order valence-corrected chi connectivity index (χ0v) is 37.5. The summed E-state index contributed by atoms with van der Waals surface area (Å²) in [6.45, 7) is -0.779. The second-order valence-corrected chi connectivity index (χ2v) is 14.3. The first-order valence-electron chi connectivity index (χ1n) is 19.7. The highest BCUT2D eigenvalue weighted by molar-refractivity contribution is 6.24. The first-order valence-corrected chi connectivity index (χ1v) is 20.2. The van der Waals surface area contributed by atoms with Crippen molar-refractivity contribution in [2.24, 2.45) is 5.73 Å². The van der Waals surface area contributed by atoms with Crippen LogP contribution in [0.4, 0.5) is 52.7 Å². The van der Waals surface area contributed by atoms with Gasteiger partial charge >= 0.3 is 36.6 Å². The van der Waals surface area contributed by atoms with E-state index in [9.17, 15) is 76.7 Å². The number of alkyl halides is 13. The molecule has 0 fully saturated rings. The molecule has 0 saturated heterocycles. The number of oxazole rings is 1. The van der Waals surface area contributed by atoms with Crippen LogP contribution in [0.15, 0.2) is 112 Å². The van der Waals surface area contributed by atoms with Gasteiger partial charge in [-0.25, -0.2) is 15.0 Å². The monoisotopic (exact) mass is 1070 g/mol. The molecule has 0 aliphatic rings. The highest BCUT2D eigenvalue weighted by atomic mass is 35.5. The van der Waals surface area contributed by atoms with Gasteiger partial charge in [0.2, 0.25) is 11.8 Å². The van der Waals surface area contributed by atoms with Crippen LogP contribution in [0.3, 0.4) is 0 Å². The van der Waals surface area contributed by atoms with Crippen molar-refractivity contribution in [3.05, 3.63) is 135 Å². The van der Waals surface area contributed by atoms with Gasteiger partial charge in [0.25, 0.3) is 11.1 Å². The summed E-state index contributed by atoms with van der Waals surface area (Å²) in [6, 6.07) is 13.0. The van der Waals surface area contributed by atoms with E-state index in [1.54, 1.807) is 0 Å². The Morgan fingerprint density at radius 1 is 0.658 bits per heavy atom. The third-order valence-corrected chi connectivity index (χ3v) is 8.73. The van der Waals surface area contributed by atoms with Gasteiger partial charge in [0.1, 0.15) is 35.3 Å². The zero-order valence-electron chi connectivity index (χ0n) is 36.7. The number of ether oxygens (including phenoxy) is 3. The number of carbonyl (C=O) groups excluding carboxylic acids is 4. The van der Waals surface area contributed by atoms with Crippen molar-refractivity contribution >= 4 is 47.0 Å². The maximum Gasteiger partial charge on any atom is 0.434 e. The lowest BCUT2D eigenvalue weighted by Gasteiger charge is -2.14. The molecule has 0 bridgehead atoms. The second kappa shape index (κ2) is 23.7. The summed E-state index contributed by atoms with van der Waals surface area (Å²) in [4.78, 5) is 76.6. The van der Waals surface area contributed by atoms with Gasteiger partial charge in [0, 0.05) is 37.4 Å². The topological polar surface area (TPSA) is 217 Å². The molecular weight excluding hydrogens is 1040 g/mol. The Hall–Kier alpha value is -8.30. The average molecular weight is 1070 g/mol. The smallest absolute Gasteiger partial charge is 0.434 e. The molecule has 16 nitrogen and oxygen atoms in total. The lowest BCUT2D eigenvalue weighted by Crippen LogP contribution is -2.24. The molecular formula is C44H31ClF12N6O10. The number of rotatable bonds is 9. The van der Waals surface area contributed by atoms with Gasteiger partial charge < -0.3 is 29.2 Å². The molecule has 73 heavy (non-hydrogen) atoms. The maximum atomic E-state index is 13.8. The molecule has 388 valence electrons. The van der Waals surface area contributed by atoms with Crippen LogP contribution >= 0.6 is 11.6 Å². The minimum Gasteiger partial charge on any atom is -0.484 e. The van der Waals surface area contributed by atoms with E-state index >= 15 is 0 Å². The normalized spacial score (nSPS) is 11.5. The first kappa shape index (κ1) is 57.3. The Balaban J connectivity index is 0.000000263. The number of pyridine rings is 2. The fraction of sp³-hybridized carbons (Fsp3) is 0.205. The fourth-order valence-corrected chi connectivity index (χ4v) is 5.83. The van der Waals surface area contributed by atoms with Gasteiger partial charge in [-0.2, -0.15) is 52.7 Å². The van der Waals surface area contributed by atoms with Gasteiger partial charge in [-0.05, 0) is 59.7 Å². The number of benzene rings is 2. The van der Waals surface area contributed by atoms with Crippen molar-refractivity contribution in [3.8, 4) is 45.2 Å². The van der Waals surface area contributed by atoms with E-state index < -0.39 is 95.0 Å². The number of hydrogen-bond donors (Lipinski definition) is 1. The number of esters is 2. The SMILES string of the molecule is CC(=O)OC(C)=O.NC(=O)c1ccn2c(=O)c(-c3ccc(OCC(F)(F)F)cc3)c(C(F)(F)F)nc2c1.O=CCCl.O=c1c(-c2ccc(OCC(F)(F)F)cc2)c(C(F)(F)F)nc2cc(-c3ncco3)ccn12. The van der Waals surface area contributed by atoms with E-state index in [2.05, 4.69) is 29.2 Å². The summed E-state index contributed by atoms with van der Waals surface area (Å²) in [5, 5.41) is 0. The highest BCUT2D eigenvalue weighted by Crippen LogP contribution is 2.37. The van der Waals surface area contributed by atoms with Crippen LogP contribution in [-0.4, -0.2) is 79.3 Å². The molecule has 2 aromatic carbocycles. The Bertz CT molecular complexity index is 3180. The number of amides is 1. The largest absolute Gasteiger partial charge is 0.484 e. The predicted octanol–water partition coefficient (Wildman–Crippen LogP) is 8.92. The van der Waals surface area contributed by atoms with E-state index in [0.29, 0.717) is 11.8 Å². The average Bonchev–Trinajstić information content (AvgIpc) is 3.85. The van der Waals surface area contributed by atoms with Crippen LogP contribution in [0.5, 0.6) is 11.5 Å². The second-order valence-electron chi connectivity index (χ2n) is 14.0. The Labute approximate surface area is 404 Å². The number of aromatic nitrogens is 5. The van der Waals surface area contributed by atoms with Crippen LogP contribution in [0.1, 0.15) is 35.6 Å². The van der Waals surface area contributed by atoms with Crippen LogP contribution < -0.4 is 26.3 Å². The van der Waals surface area contributed by atoms with Crippen LogP contribution in [0.2, 0.25) is 0 Å². The van der Waals surface area contributed by atoms with E-state index in [0.717, 1.165) is 75.7 Å². The summed E-state index contributed by atoms with van der Waals surface area (Å²) in [5.74, 6) is -2.26. The fourth-order valence-electron chi connectivity index (χ4n) is 5.83. The standard InChI is InChI=1S/C20H11F6N3O3.C18H11F6N3O3.C4H6O3.C2H3ClO/c21-19(22,23)10-32-13-3-1-11(2-4-13)15-16(20(24,25)26)28-14-9-12(17-27-6-8-31-17)5-7-29(14)18(15)30;19-17(20,21)8-30-11-3-1-9(2-4-11)13-14(18(22,23)24)26-12-7-10(15(25)28)5-6-27(12)16(13)29;1-3(5)7-4(2)6;3-1-2-4/h1-9H,10H2;1-7H,8H2,(H2,25,28);1-2H3;2H,1H2. The summed E-state index contributed by atoms with van der Waals surface area (Å²) in [5.41, 5.74) is -2.49. The molecule has 2 N–H and O–H groups in total. The van der Waals surface area contributed by atoms with E-state index in [1.165, 1.54) is 44.6 Å². The van der Waals surface area contributed by atoms with Crippen LogP contribution in [0, 0.1) is 0 Å². The van der Waals surface area contributed by atoms with Gasteiger partial charge in [-0.15, -0.1) is 11.6 Å². The molecule has 5 aromatic heterocycles. The summed E-state index contributed by atoms with van der Waals surface area (Å²) in [6.07, 6.45) is -13.6. The number of carbonyl (C=O) groups is 4. The molecule has 0 unspecified atom stereocenters. The van der Waals surface area contributed by atoms with Gasteiger partial charge in [-0.3, -0.25) is 32.8 Å². The number of nitrogens with two attached hydrogens (primary N) is 1. The predicted molar refractivity (Wildman–Crippen MR) is 230 cm³/mol. The van der Waals surface area contributed by atoms with Crippen molar-refractivity contribution < 1.29 is 90.5 Å². The quantitative estimate of drug-likeness (QED) is 0.0470. The molecule has 0 atom stereocenters. The summed E-state index contributed by atoms with van der Waals surface area (Å²) in [7, 11) is 0. The number of hydrogen-bond acceptors (Lipinski definition) is 13. The third-order valence-electron chi connectivity index (χ3n) is 8.60. The molecule has 0 radical (unpaired) electrons. The molecule has 5 heterocycles. The molecule has 0 aliphatic carbocycles. The maximum absolute atomic E-state index is 13.8. The molecule has 7 aromatic rings. The molecule has 1 amide bonds. The summed E-state index contributed by atoms with van der Waals surface area (Å²) >= 11 is 4.82. The molecule has 29 heteroatoms. The molecule has 0 saturated carbocycles. The van der Waals surface area contributed by atoms with E-state index in [1.807, 2.05) is 0 Å². The Kier molecular flexibility index (Phi) is 18.6. The molecule has 0 spiro atoms. The van der Waals surface area contributed by atoms with Gasteiger partial charge in [-0.1, -0.05) is 24.3 Å². The number of fused-ring (bicyclic) bond motifs is 2.